The summed E-state index contributed by atoms with van der Waals surface area (Å²) < 4.78 is 10.5. The van der Waals surface area contributed by atoms with E-state index < -0.39 is 0 Å². The van der Waals surface area contributed by atoms with E-state index in [1.165, 1.54) is 0 Å². The van der Waals surface area contributed by atoms with Gasteiger partial charge in [0.05, 0.1) is 12.5 Å². The van der Waals surface area contributed by atoms with Crippen LogP contribution >= 0.6 is 0 Å². The zero-order valence-corrected chi connectivity index (χ0v) is 9.79. The monoisotopic (exact) mass is 215 g/mol. The Labute approximate surface area is 91.3 Å². The summed E-state index contributed by atoms with van der Waals surface area (Å²) in [5.74, 6) is 0.334. The summed E-state index contributed by atoms with van der Waals surface area (Å²) >= 11 is 0. The average molecular weight is 215 g/mol. The molecule has 2 unspecified atom stereocenters. The van der Waals surface area contributed by atoms with Crippen molar-refractivity contribution < 1.29 is 14.3 Å². The van der Waals surface area contributed by atoms with Gasteiger partial charge in [-0.3, -0.25) is 4.79 Å². The molecule has 0 spiro atoms. The molecule has 1 heterocycles. The molecule has 0 amide bonds. The van der Waals surface area contributed by atoms with Crippen LogP contribution in [0.2, 0.25) is 0 Å². The minimum atomic E-state index is -0.145. The first kappa shape index (κ1) is 12.5. The van der Waals surface area contributed by atoms with Gasteiger partial charge in [0.25, 0.3) is 0 Å². The summed E-state index contributed by atoms with van der Waals surface area (Å²) in [6.07, 6.45) is -0.145. The summed E-state index contributed by atoms with van der Waals surface area (Å²) in [6.45, 7) is 8.71. The average Bonchev–Trinajstić information content (AvgIpc) is 2.11. The van der Waals surface area contributed by atoms with Gasteiger partial charge in [-0.1, -0.05) is 6.92 Å². The van der Waals surface area contributed by atoms with Crippen molar-refractivity contribution in [2.45, 2.75) is 26.9 Å². The first-order valence-corrected chi connectivity index (χ1v) is 5.64. The van der Waals surface area contributed by atoms with Gasteiger partial charge >= 0.3 is 5.97 Å². The number of ether oxygens (including phenoxy) is 2. The minimum Gasteiger partial charge on any atom is -0.460 e. The molecule has 2 atom stereocenters. The molecule has 0 aromatic carbocycles. The number of nitrogens with one attached hydrogen (secondary N) is 1. The standard InChI is InChI=1S/C11H21NO3/c1-4-14-7-8(2)15-11(13)9(3)10-5-12-6-10/h8-10,12H,4-7H2,1-3H3. The van der Waals surface area contributed by atoms with Crippen LogP contribution in [-0.4, -0.2) is 38.4 Å². The van der Waals surface area contributed by atoms with E-state index in [2.05, 4.69) is 5.32 Å². The Kier molecular flexibility index (Phi) is 5.05. The van der Waals surface area contributed by atoms with E-state index in [-0.39, 0.29) is 18.0 Å². The molecule has 1 N–H and O–H groups in total. The second kappa shape index (κ2) is 6.08. The van der Waals surface area contributed by atoms with Gasteiger partial charge < -0.3 is 14.8 Å². The number of carbonyl (C=O) groups excluding carboxylic acids is 1. The summed E-state index contributed by atoms with van der Waals surface area (Å²) in [4.78, 5) is 11.6. The third kappa shape index (κ3) is 3.80. The van der Waals surface area contributed by atoms with Gasteiger partial charge in [-0.05, 0) is 32.9 Å². The zero-order chi connectivity index (χ0) is 11.3. The quantitative estimate of drug-likeness (QED) is 0.666. The van der Waals surface area contributed by atoms with Gasteiger partial charge in [0.2, 0.25) is 0 Å². The highest BCUT2D eigenvalue weighted by Crippen LogP contribution is 2.17. The van der Waals surface area contributed by atoms with Gasteiger partial charge in [0.1, 0.15) is 6.10 Å². The molecule has 0 radical (unpaired) electrons. The van der Waals surface area contributed by atoms with Crippen LogP contribution in [0.3, 0.4) is 0 Å². The van der Waals surface area contributed by atoms with Crippen molar-refractivity contribution >= 4 is 5.97 Å². The van der Waals surface area contributed by atoms with Crippen molar-refractivity contribution in [2.75, 3.05) is 26.3 Å². The number of rotatable bonds is 6. The maximum atomic E-state index is 11.6. The van der Waals surface area contributed by atoms with Crippen LogP contribution in [0.25, 0.3) is 0 Å². The largest absolute Gasteiger partial charge is 0.460 e. The Hall–Kier alpha value is -0.610. The lowest BCUT2D eigenvalue weighted by Gasteiger charge is -2.31. The minimum absolute atomic E-state index is 0.00433. The van der Waals surface area contributed by atoms with Crippen LogP contribution < -0.4 is 5.32 Å². The molecule has 88 valence electrons. The van der Waals surface area contributed by atoms with Gasteiger partial charge in [0, 0.05) is 6.61 Å². The van der Waals surface area contributed by atoms with Crippen LogP contribution in [0.15, 0.2) is 0 Å². The summed E-state index contributed by atoms with van der Waals surface area (Å²) in [6, 6.07) is 0. The van der Waals surface area contributed by atoms with Crippen LogP contribution in [0, 0.1) is 11.8 Å². The third-order valence-electron chi connectivity index (χ3n) is 2.77. The molecule has 1 saturated heterocycles. The second-order valence-electron chi connectivity index (χ2n) is 4.11. The zero-order valence-electron chi connectivity index (χ0n) is 9.79. The molecule has 1 aliphatic rings. The topological polar surface area (TPSA) is 47.6 Å². The molecule has 0 aromatic rings. The van der Waals surface area contributed by atoms with Crippen LogP contribution in [0.4, 0.5) is 0 Å². The summed E-state index contributed by atoms with van der Waals surface area (Å²) in [5, 5.41) is 3.15. The third-order valence-corrected chi connectivity index (χ3v) is 2.77. The number of esters is 1. The Bertz CT molecular complexity index is 204. The van der Waals surface area contributed by atoms with Crippen molar-refractivity contribution in [3.8, 4) is 0 Å². The lowest BCUT2D eigenvalue weighted by Crippen LogP contribution is -2.48. The predicted molar refractivity (Wildman–Crippen MR) is 57.6 cm³/mol. The second-order valence-corrected chi connectivity index (χ2v) is 4.11. The van der Waals surface area contributed by atoms with Crippen molar-refractivity contribution in [3.05, 3.63) is 0 Å². The van der Waals surface area contributed by atoms with E-state index >= 15 is 0 Å². The SMILES string of the molecule is CCOCC(C)OC(=O)C(C)C1CNC1. The Morgan fingerprint density at radius 1 is 1.47 bits per heavy atom. The van der Waals surface area contributed by atoms with Crippen molar-refractivity contribution in [3.63, 3.8) is 0 Å². The van der Waals surface area contributed by atoms with E-state index in [1.807, 2.05) is 20.8 Å². The summed E-state index contributed by atoms with van der Waals surface area (Å²) in [7, 11) is 0. The molecule has 4 nitrogen and oxygen atoms in total. The lowest BCUT2D eigenvalue weighted by atomic mass is 9.89. The first-order chi connectivity index (χ1) is 7.15. The Balaban J connectivity index is 2.21. The van der Waals surface area contributed by atoms with Crippen LogP contribution in [-0.2, 0) is 14.3 Å². The molecule has 15 heavy (non-hydrogen) atoms. The lowest BCUT2D eigenvalue weighted by molar-refractivity contribution is -0.157. The maximum absolute atomic E-state index is 11.6. The number of hydrogen-bond acceptors (Lipinski definition) is 4. The van der Waals surface area contributed by atoms with Crippen molar-refractivity contribution in [1.29, 1.82) is 0 Å². The van der Waals surface area contributed by atoms with E-state index in [0.29, 0.717) is 19.1 Å². The molecule has 4 heteroatoms. The number of carbonyl (C=O) groups is 1. The van der Waals surface area contributed by atoms with Gasteiger partial charge in [-0.25, -0.2) is 0 Å². The van der Waals surface area contributed by atoms with Gasteiger partial charge in [0.15, 0.2) is 0 Å². The predicted octanol–water partition coefficient (Wildman–Crippen LogP) is 0.810. The van der Waals surface area contributed by atoms with E-state index in [9.17, 15) is 4.79 Å². The molecule has 0 aliphatic carbocycles. The van der Waals surface area contributed by atoms with E-state index in [0.717, 1.165) is 13.1 Å². The Morgan fingerprint density at radius 3 is 2.60 bits per heavy atom. The highest BCUT2D eigenvalue weighted by atomic mass is 16.6. The van der Waals surface area contributed by atoms with Crippen molar-refractivity contribution in [2.24, 2.45) is 11.8 Å². The molecular weight excluding hydrogens is 194 g/mol. The first-order valence-electron chi connectivity index (χ1n) is 5.64. The Morgan fingerprint density at radius 2 is 2.13 bits per heavy atom. The van der Waals surface area contributed by atoms with Crippen molar-refractivity contribution in [1.82, 2.24) is 5.32 Å². The molecule has 1 rings (SSSR count). The molecule has 0 aromatic heterocycles. The normalized spacial score (nSPS) is 20.5. The van der Waals surface area contributed by atoms with Crippen LogP contribution in [0.5, 0.6) is 0 Å². The molecule has 1 fully saturated rings. The maximum Gasteiger partial charge on any atom is 0.309 e. The van der Waals surface area contributed by atoms with Crippen LogP contribution in [0.1, 0.15) is 20.8 Å². The van der Waals surface area contributed by atoms with Gasteiger partial charge in [-0.2, -0.15) is 0 Å². The number of hydrogen-bond donors (Lipinski definition) is 1. The fourth-order valence-electron chi connectivity index (χ4n) is 1.48. The fourth-order valence-corrected chi connectivity index (χ4v) is 1.48. The highest BCUT2D eigenvalue weighted by molar-refractivity contribution is 5.72. The van der Waals surface area contributed by atoms with E-state index in [1.54, 1.807) is 0 Å². The highest BCUT2D eigenvalue weighted by Gasteiger charge is 2.30. The molecule has 0 saturated carbocycles. The molecular formula is C11H21NO3. The van der Waals surface area contributed by atoms with E-state index in [4.69, 9.17) is 9.47 Å². The molecule has 1 aliphatic heterocycles. The molecule has 0 bridgehead atoms. The van der Waals surface area contributed by atoms with Gasteiger partial charge in [-0.15, -0.1) is 0 Å². The smallest absolute Gasteiger partial charge is 0.309 e. The summed E-state index contributed by atoms with van der Waals surface area (Å²) in [5.41, 5.74) is 0. The fraction of sp³-hybridized carbons (Fsp3) is 0.909.